The van der Waals surface area contributed by atoms with Crippen molar-refractivity contribution in [3.8, 4) is 0 Å². The van der Waals surface area contributed by atoms with Crippen molar-refractivity contribution in [2.24, 2.45) is 5.73 Å². The summed E-state index contributed by atoms with van der Waals surface area (Å²) in [7, 11) is 0. The number of thiophene rings is 1. The van der Waals surface area contributed by atoms with Crippen LogP contribution in [0.3, 0.4) is 0 Å². The van der Waals surface area contributed by atoms with Crippen molar-refractivity contribution in [2.75, 3.05) is 0 Å². The van der Waals surface area contributed by atoms with Crippen molar-refractivity contribution in [3.05, 3.63) is 52.2 Å². The largest absolute Gasteiger partial charge is 0.446 e. The SMILES string of the molecule is N[C@@H](c1ccc(SC(F)(F)F)cc1)c1ccsc1. The second-order valence-electron chi connectivity index (χ2n) is 3.65. The molecule has 0 bridgehead atoms. The highest BCUT2D eigenvalue weighted by atomic mass is 32.2. The molecule has 2 rings (SSSR count). The zero-order chi connectivity index (χ0) is 13.2. The molecule has 0 amide bonds. The molecule has 0 unspecified atom stereocenters. The summed E-state index contributed by atoms with van der Waals surface area (Å²) in [5.41, 5.74) is 3.54. The van der Waals surface area contributed by atoms with Gasteiger partial charge in [-0.3, -0.25) is 0 Å². The fraction of sp³-hybridized carbons (Fsp3) is 0.167. The van der Waals surface area contributed by atoms with Gasteiger partial charge in [0.15, 0.2) is 0 Å². The summed E-state index contributed by atoms with van der Waals surface area (Å²) in [5.74, 6) is 0. The maximum atomic E-state index is 12.2. The Labute approximate surface area is 111 Å². The van der Waals surface area contributed by atoms with Gasteiger partial charge in [-0.25, -0.2) is 0 Å². The molecule has 0 saturated carbocycles. The van der Waals surface area contributed by atoms with Crippen LogP contribution < -0.4 is 5.73 Å². The lowest BCUT2D eigenvalue weighted by atomic mass is 10.0. The van der Waals surface area contributed by atoms with E-state index >= 15 is 0 Å². The number of nitrogens with two attached hydrogens (primary N) is 1. The normalized spacial score (nSPS) is 13.6. The Morgan fingerprint density at radius 1 is 1.06 bits per heavy atom. The summed E-state index contributed by atoms with van der Waals surface area (Å²) in [6, 6.07) is 7.78. The molecule has 96 valence electrons. The Morgan fingerprint density at radius 2 is 1.72 bits per heavy atom. The number of rotatable bonds is 3. The first-order valence-corrected chi connectivity index (χ1v) is 6.85. The molecule has 0 aliphatic carbocycles. The molecule has 1 atom stereocenters. The number of hydrogen-bond acceptors (Lipinski definition) is 3. The lowest BCUT2D eigenvalue weighted by molar-refractivity contribution is -0.0328. The first-order valence-electron chi connectivity index (χ1n) is 5.09. The Balaban J connectivity index is 2.13. The Morgan fingerprint density at radius 3 is 2.22 bits per heavy atom. The summed E-state index contributed by atoms with van der Waals surface area (Å²) in [4.78, 5) is 0.170. The van der Waals surface area contributed by atoms with Gasteiger partial charge in [-0.05, 0) is 51.8 Å². The third kappa shape index (κ3) is 3.51. The van der Waals surface area contributed by atoms with Crippen LogP contribution in [-0.2, 0) is 0 Å². The van der Waals surface area contributed by atoms with E-state index in [9.17, 15) is 13.2 Å². The molecule has 18 heavy (non-hydrogen) atoms. The summed E-state index contributed by atoms with van der Waals surface area (Å²) in [5, 5.41) is 3.85. The fourth-order valence-corrected chi connectivity index (χ4v) is 2.76. The summed E-state index contributed by atoms with van der Waals surface area (Å²) in [6.07, 6.45) is 0. The monoisotopic (exact) mass is 289 g/mol. The second-order valence-corrected chi connectivity index (χ2v) is 5.57. The molecular formula is C12H10F3NS2. The van der Waals surface area contributed by atoms with Gasteiger partial charge in [-0.2, -0.15) is 24.5 Å². The topological polar surface area (TPSA) is 26.0 Å². The van der Waals surface area contributed by atoms with Gasteiger partial charge in [0.05, 0.1) is 6.04 Å². The van der Waals surface area contributed by atoms with Crippen molar-refractivity contribution >= 4 is 23.1 Å². The standard InChI is InChI=1S/C12H10F3NS2/c13-12(14,15)18-10-3-1-8(2-4-10)11(16)9-5-6-17-7-9/h1-7,11H,16H2/t11-/m0/s1. The third-order valence-electron chi connectivity index (χ3n) is 2.38. The molecule has 6 heteroatoms. The molecule has 2 N–H and O–H groups in total. The van der Waals surface area contributed by atoms with Crippen LogP contribution in [0.25, 0.3) is 0 Å². The second kappa shape index (κ2) is 5.34. The molecule has 0 fully saturated rings. The molecule has 1 aromatic heterocycles. The minimum absolute atomic E-state index is 0.120. The molecule has 2 aromatic rings. The number of alkyl halides is 3. The average Bonchev–Trinajstić information content (AvgIpc) is 2.80. The Kier molecular flexibility index (Phi) is 3.99. The molecule has 0 aliphatic rings. The molecular weight excluding hydrogens is 279 g/mol. The first-order chi connectivity index (χ1) is 8.46. The van der Waals surface area contributed by atoms with Gasteiger partial charge in [0.25, 0.3) is 0 Å². The number of benzene rings is 1. The van der Waals surface area contributed by atoms with E-state index < -0.39 is 5.51 Å². The van der Waals surface area contributed by atoms with Gasteiger partial charge < -0.3 is 5.73 Å². The van der Waals surface area contributed by atoms with Crippen LogP contribution in [-0.4, -0.2) is 5.51 Å². The quantitative estimate of drug-likeness (QED) is 0.847. The number of halogens is 3. The predicted molar refractivity (Wildman–Crippen MR) is 68.7 cm³/mol. The fourth-order valence-electron chi connectivity index (χ4n) is 1.52. The summed E-state index contributed by atoms with van der Waals surface area (Å²) >= 11 is 1.42. The van der Waals surface area contributed by atoms with Crippen molar-refractivity contribution < 1.29 is 13.2 Å². The van der Waals surface area contributed by atoms with Crippen molar-refractivity contribution in [3.63, 3.8) is 0 Å². The maximum absolute atomic E-state index is 12.2. The van der Waals surface area contributed by atoms with Gasteiger partial charge in [0.1, 0.15) is 0 Å². The van der Waals surface area contributed by atoms with E-state index in [4.69, 9.17) is 5.73 Å². The zero-order valence-electron chi connectivity index (χ0n) is 9.15. The highest BCUT2D eigenvalue weighted by Crippen LogP contribution is 2.37. The third-order valence-corrected chi connectivity index (χ3v) is 3.82. The molecule has 0 aliphatic heterocycles. The van der Waals surface area contributed by atoms with Crippen molar-refractivity contribution in [1.29, 1.82) is 0 Å². The molecule has 0 saturated heterocycles. The highest BCUT2D eigenvalue weighted by Gasteiger charge is 2.29. The smallest absolute Gasteiger partial charge is 0.320 e. The van der Waals surface area contributed by atoms with Crippen LogP contribution in [0.2, 0.25) is 0 Å². The maximum Gasteiger partial charge on any atom is 0.446 e. The van der Waals surface area contributed by atoms with Gasteiger partial charge in [0, 0.05) is 4.90 Å². The number of thioether (sulfide) groups is 1. The van der Waals surface area contributed by atoms with E-state index in [-0.39, 0.29) is 22.7 Å². The van der Waals surface area contributed by atoms with E-state index in [1.807, 2.05) is 16.8 Å². The lowest BCUT2D eigenvalue weighted by Gasteiger charge is -2.11. The van der Waals surface area contributed by atoms with Crippen molar-refractivity contribution in [1.82, 2.24) is 0 Å². The Hall–Kier alpha value is -0.980. The number of hydrogen-bond donors (Lipinski definition) is 1. The van der Waals surface area contributed by atoms with Crippen LogP contribution in [0, 0.1) is 0 Å². The van der Waals surface area contributed by atoms with Crippen LogP contribution in [0.15, 0.2) is 46.0 Å². The molecule has 0 radical (unpaired) electrons. The molecule has 0 spiro atoms. The van der Waals surface area contributed by atoms with Gasteiger partial charge in [-0.15, -0.1) is 0 Å². The molecule has 1 nitrogen and oxygen atoms in total. The predicted octanol–water partition coefficient (Wildman–Crippen LogP) is 4.41. The highest BCUT2D eigenvalue weighted by molar-refractivity contribution is 8.00. The van der Waals surface area contributed by atoms with E-state index in [0.717, 1.165) is 11.1 Å². The summed E-state index contributed by atoms with van der Waals surface area (Å²) in [6.45, 7) is 0. The van der Waals surface area contributed by atoms with Gasteiger partial charge in [0.2, 0.25) is 0 Å². The van der Waals surface area contributed by atoms with Crippen molar-refractivity contribution in [2.45, 2.75) is 16.4 Å². The Bertz CT molecular complexity index is 491. The molecule has 1 heterocycles. The van der Waals surface area contributed by atoms with Crippen LogP contribution in [0.5, 0.6) is 0 Å². The minimum atomic E-state index is -4.25. The van der Waals surface area contributed by atoms with E-state index in [2.05, 4.69) is 0 Å². The van der Waals surface area contributed by atoms with E-state index in [0.29, 0.717) is 0 Å². The average molecular weight is 289 g/mol. The lowest BCUT2D eigenvalue weighted by Crippen LogP contribution is -2.10. The van der Waals surface area contributed by atoms with Gasteiger partial charge in [-0.1, -0.05) is 12.1 Å². The van der Waals surface area contributed by atoms with Gasteiger partial charge >= 0.3 is 5.51 Å². The summed E-state index contributed by atoms with van der Waals surface area (Å²) < 4.78 is 36.5. The van der Waals surface area contributed by atoms with E-state index in [1.165, 1.54) is 12.1 Å². The van der Waals surface area contributed by atoms with Crippen LogP contribution >= 0.6 is 23.1 Å². The zero-order valence-corrected chi connectivity index (χ0v) is 10.8. The van der Waals surface area contributed by atoms with Crippen LogP contribution in [0.4, 0.5) is 13.2 Å². The van der Waals surface area contributed by atoms with Crippen LogP contribution in [0.1, 0.15) is 17.2 Å². The first kappa shape index (κ1) is 13.5. The molecule has 1 aromatic carbocycles. The van der Waals surface area contributed by atoms with E-state index in [1.54, 1.807) is 23.5 Å². The minimum Gasteiger partial charge on any atom is -0.320 e.